The van der Waals surface area contributed by atoms with Crippen LogP contribution >= 0.6 is 0 Å². The molecule has 0 aromatic heterocycles. The van der Waals surface area contributed by atoms with E-state index in [9.17, 15) is 13.6 Å². The summed E-state index contributed by atoms with van der Waals surface area (Å²) in [6.07, 6.45) is -1.02. The van der Waals surface area contributed by atoms with E-state index in [1.54, 1.807) is 0 Å². The molecule has 1 unspecified atom stereocenters. The SMILES string of the molecule is COc1ccc(C(=O)C(F)(F)C(CCc2ccccc2)OC)cc1. The van der Waals surface area contributed by atoms with Gasteiger partial charge in [-0.1, -0.05) is 30.3 Å². The van der Waals surface area contributed by atoms with Crippen molar-refractivity contribution in [2.45, 2.75) is 24.9 Å². The van der Waals surface area contributed by atoms with Crippen LogP contribution in [0.1, 0.15) is 22.3 Å². The second kappa shape index (κ2) is 8.02. The van der Waals surface area contributed by atoms with Crippen molar-refractivity contribution in [2.75, 3.05) is 14.2 Å². The number of halogens is 2. The number of carbonyl (C=O) groups is 1. The van der Waals surface area contributed by atoms with Crippen LogP contribution < -0.4 is 4.74 Å². The Balaban J connectivity index is 2.10. The number of methoxy groups -OCH3 is 2. The molecule has 2 rings (SSSR count). The van der Waals surface area contributed by atoms with Gasteiger partial charge in [0.1, 0.15) is 11.9 Å². The molecule has 0 fully saturated rings. The molecule has 0 saturated carbocycles. The lowest BCUT2D eigenvalue weighted by atomic mass is 9.96. The third-order valence-electron chi connectivity index (χ3n) is 3.88. The lowest BCUT2D eigenvalue weighted by Crippen LogP contribution is -2.43. The van der Waals surface area contributed by atoms with E-state index in [2.05, 4.69) is 0 Å². The highest BCUT2D eigenvalue weighted by molar-refractivity contribution is 6.01. The minimum absolute atomic E-state index is 0.0510. The van der Waals surface area contributed by atoms with Gasteiger partial charge in [0.25, 0.3) is 0 Å². The third-order valence-corrected chi connectivity index (χ3v) is 3.88. The minimum atomic E-state index is -3.60. The topological polar surface area (TPSA) is 35.5 Å². The molecule has 3 nitrogen and oxygen atoms in total. The smallest absolute Gasteiger partial charge is 0.335 e. The van der Waals surface area contributed by atoms with Crippen LogP contribution in [0.15, 0.2) is 54.6 Å². The number of rotatable bonds is 8. The number of ketones is 1. The number of Topliss-reactive ketones (excluding diaryl/α,β-unsaturated/α-hetero) is 1. The Labute approximate surface area is 140 Å². The van der Waals surface area contributed by atoms with Gasteiger partial charge in [0.2, 0.25) is 5.78 Å². The highest BCUT2D eigenvalue weighted by Crippen LogP contribution is 2.29. The van der Waals surface area contributed by atoms with Crippen molar-refractivity contribution in [1.82, 2.24) is 0 Å². The van der Waals surface area contributed by atoms with Gasteiger partial charge in [-0.25, -0.2) is 0 Å². The van der Waals surface area contributed by atoms with E-state index in [0.29, 0.717) is 12.2 Å². The number of ether oxygens (including phenoxy) is 2. The molecule has 0 aliphatic heterocycles. The monoisotopic (exact) mass is 334 g/mol. The largest absolute Gasteiger partial charge is 0.497 e. The van der Waals surface area contributed by atoms with Crippen molar-refractivity contribution in [2.24, 2.45) is 0 Å². The van der Waals surface area contributed by atoms with Crippen LogP contribution in [-0.4, -0.2) is 32.0 Å². The van der Waals surface area contributed by atoms with Crippen molar-refractivity contribution in [3.05, 3.63) is 65.7 Å². The van der Waals surface area contributed by atoms with Crippen LogP contribution in [0.3, 0.4) is 0 Å². The molecule has 0 N–H and O–H groups in total. The van der Waals surface area contributed by atoms with Gasteiger partial charge < -0.3 is 9.47 Å². The average molecular weight is 334 g/mol. The molecule has 0 heterocycles. The Morgan fingerprint density at radius 1 is 1.04 bits per heavy atom. The van der Waals surface area contributed by atoms with Crippen LogP contribution in [0.5, 0.6) is 5.75 Å². The lowest BCUT2D eigenvalue weighted by Gasteiger charge is -2.24. The van der Waals surface area contributed by atoms with E-state index < -0.39 is 17.8 Å². The van der Waals surface area contributed by atoms with E-state index in [-0.39, 0.29) is 12.0 Å². The molecule has 0 amide bonds. The molecule has 2 aromatic carbocycles. The van der Waals surface area contributed by atoms with Gasteiger partial charge in [-0.3, -0.25) is 4.79 Å². The Hall–Kier alpha value is -2.27. The first-order valence-corrected chi connectivity index (χ1v) is 7.62. The summed E-state index contributed by atoms with van der Waals surface area (Å²) in [6, 6.07) is 14.9. The summed E-state index contributed by atoms with van der Waals surface area (Å²) in [7, 11) is 2.67. The second-order valence-corrected chi connectivity index (χ2v) is 5.43. The number of aryl methyl sites for hydroxylation is 1. The fraction of sp³-hybridized carbons (Fsp3) is 0.316. The van der Waals surface area contributed by atoms with Gasteiger partial charge in [0, 0.05) is 12.7 Å². The molecule has 1 atom stereocenters. The van der Waals surface area contributed by atoms with Crippen molar-refractivity contribution in [3.63, 3.8) is 0 Å². The summed E-state index contributed by atoms with van der Waals surface area (Å²) in [5.74, 6) is -4.34. The molecule has 5 heteroatoms. The predicted octanol–water partition coefficient (Wildman–Crippen LogP) is 4.16. The third kappa shape index (κ3) is 4.17. The average Bonchev–Trinajstić information content (AvgIpc) is 2.62. The molecule has 0 radical (unpaired) electrons. The van der Waals surface area contributed by atoms with Crippen LogP contribution in [0.4, 0.5) is 8.78 Å². The predicted molar refractivity (Wildman–Crippen MR) is 87.8 cm³/mol. The molecular weight excluding hydrogens is 314 g/mol. The van der Waals surface area contributed by atoms with Crippen LogP contribution in [0, 0.1) is 0 Å². The number of hydrogen-bond acceptors (Lipinski definition) is 3. The standard InChI is InChI=1S/C19H20F2O3/c1-23-16-11-9-15(10-12-16)18(22)19(20,21)17(24-2)13-8-14-6-4-3-5-7-14/h3-7,9-12,17H,8,13H2,1-2H3. The van der Waals surface area contributed by atoms with Crippen molar-refractivity contribution in [1.29, 1.82) is 0 Å². The van der Waals surface area contributed by atoms with E-state index in [1.165, 1.54) is 38.5 Å². The molecule has 0 aliphatic rings. The van der Waals surface area contributed by atoms with E-state index >= 15 is 0 Å². The Kier molecular flexibility index (Phi) is 6.04. The lowest BCUT2D eigenvalue weighted by molar-refractivity contribution is -0.0967. The number of hydrogen-bond donors (Lipinski definition) is 0. The quantitative estimate of drug-likeness (QED) is 0.680. The van der Waals surface area contributed by atoms with Crippen molar-refractivity contribution in [3.8, 4) is 5.75 Å². The maximum absolute atomic E-state index is 14.5. The maximum Gasteiger partial charge on any atom is 0.335 e. The first kappa shape index (κ1) is 18.1. The summed E-state index contributed by atoms with van der Waals surface area (Å²) in [5, 5.41) is 0. The highest BCUT2D eigenvalue weighted by Gasteiger charge is 2.47. The summed E-state index contributed by atoms with van der Waals surface area (Å²) in [6.45, 7) is 0. The molecule has 128 valence electrons. The van der Waals surface area contributed by atoms with Gasteiger partial charge in [-0.15, -0.1) is 0 Å². The summed E-state index contributed by atoms with van der Waals surface area (Å²) >= 11 is 0. The zero-order chi connectivity index (χ0) is 17.6. The van der Waals surface area contributed by atoms with E-state index in [4.69, 9.17) is 9.47 Å². The molecule has 24 heavy (non-hydrogen) atoms. The molecule has 2 aromatic rings. The molecular formula is C19H20F2O3. The number of benzene rings is 2. The van der Waals surface area contributed by atoms with E-state index in [1.807, 2.05) is 30.3 Å². The Bertz CT molecular complexity index is 654. The van der Waals surface area contributed by atoms with Gasteiger partial charge in [0.15, 0.2) is 0 Å². The molecule has 0 aliphatic carbocycles. The first-order valence-electron chi connectivity index (χ1n) is 7.62. The summed E-state index contributed by atoms with van der Waals surface area (Å²) in [5.41, 5.74) is 0.856. The maximum atomic E-state index is 14.5. The Morgan fingerprint density at radius 3 is 2.21 bits per heavy atom. The van der Waals surface area contributed by atoms with Gasteiger partial charge >= 0.3 is 5.92 Å². The summed E-state index contributed by atoms with van der Waals surface area (Å²) in [4.78, 5) is 12.2. The molecule has 0 spiro atoms. The number of carbonyl (C=O) groups excluding carboxylic acids is 1. The minimum Gasteiger partial charge on any atom is -0.497 e. The zero-order valence-electron chi connectivity index (χ0n) is 13.7. The Morgan fingerprint density at radius 2 is 1.67 bits per heavy atom. The molecule has 0 bridgehead atoms. The van der Waals surface area contributed by atoms with Gasteiger partial charge in [-0.05, 0) is 42.7 Å². The first-order chi connectivity index (χ1) is 11.5. The van der Waals surface area contributed by atoms with Crippen LogP contribution in [-0.2, 0) is 11.2 Å². The second-order valence-electron chi connectivity index (χ2n) is 5.43. The van der Waals surface area contributed by atoms with Gasteiger partial charge in [-0.2, -0.15) is 8.78 Å². The molecule has 0 saturated heterocycles. The highest BCUT2D eigenvalue weighted by atomic mass is 19.3. The summed E-state index contributed by atoms with van der Waals surface area (Å²) < 4.78 is 39.0. The van der Waals surface area contributed by atoms with Gasteiger partial charge in [0.05, 0.1) is 7.11 Å². The van der Waals surface area contributed by atoms with E-state index in [0.717, 1.165) is 5.56 Å². The van der Waals surface area contributed by atoms with Crippen molar-refractivity contribution < 1.29 is 23.0 Å². The van der Waals surface area contributed by atoms with Crippen molar-refractivity contribution >= 4 is 5.78 Å². The number of alkyl halides is 2. The fourth-order valence-electron chi connectivity index (χ4n) is 2.47. The zero-order valence-corrected chi connectivity index (χ0v) is 13.7. The van der Waals surface area contributed by atoms with Crippen LogP contribution in [0.25, 0.3) is 0 Å². The normalized spacial score (nSPS) is 12.7. The fourth-order valence-corrected chi connectivity index (χ4v) is 2.47. The van der Waals surface area contributed by atoms with Crippen LogP contribution in [0.2, 0.25) is 0 Å².